The van der Waals surface area contributed by atoms with Crippen LogP contribution in [0.25, 0.3) is 0 Å². The molecule has 1 heterocycles. The topological polar surface area (TPSA) is 78.7 Å². The molecule has 0 radical (unpaired) electrons. The number of para-hydroxylation sites is 1. The first-order valence-electron chi connectivity index (χ1n) is 8.85. The van der Waals surface area contributed by atoms with Crippen LogP contribution in [0, 0.1) is 10.1 Å². The highest BCUT2D eigenvalue weighted by Crippen LogP contribution is 2.32. The fraction of sp³-hybridized carbons (Fsp3) is 0.316. The number of carbonyl (C=O) groups excluding carboxylic acids is 1. The maximum absolute atomic E-state index is 12.6. The Morgan fingerprint density at radius 3 is 2.46 bits per heavy atom. The van der Waals surface area contributed by atoms with Gasteiger partial charge in [-0.2, -0.15) is 0 Å². The zero-order chi connectivity index (χ0) is 20.3. The van der Waals surface area contributed by atoms with Gasteiger partial charge >= 0.3 is 0 Å². The highest BCUT2D eigenvalue weighted by Gasteiger charge is 2.28. The van der Waals surface area contributed by atoms with Crippen LogP contribution < -0.4 is 10.2 Å². The Bertz CT molecular complexity index is 885. The molecule has 0 bridgehead atoms. The normalized spacial score (nSPS) is 15.9. The molecule has 0 saturated carbocycles. The Kier molecular flexibility index (Phi) is 6.39. The molecule has 1 atom stereocenters. The highest BCUT2D eigenvalue weighted by molar-refractivity contribution is 6.33. The zero-order valence-corrected chi connectivity index (χ0v) is 16.8. The lowest BCUT2D eigenvalue weighted by Gasteiger charge is -2.38. The molecule has 148 valence electrons. The van der Waals surface area contributed by atoms with Crippen molar-refractivity contribution in [3.05, 3.63) is 62.6 Å². The Morgan fingerprint density at radius 1 is 1.14 bits per heavy atom. The van der Waals surface area contributed by atoms with Crippen molar-refractivity contribution in [1.29, 1.82) is 0 Å². The number of piperazine rings is 1. The summed E-state index contributed by atoms with van der Waals surface area (Å²) in [5, 5.41) is 15.0. The highest BCUT2D eigenvalue weighted by atomic mass is 35.5. The summed E-state index contributed by atoms with van der Waals surface area (Å²) in [6.07, 6.45) is 0. The van der Waals surface area contributed by atoms with Crippen molar-refractivity contribution in [1.82, 2.24) is 4.90 Å². The van der Waals surface area contributed by atoms with E-state index in [-0.39, 0.29) is 17.6 Å². The summed E-state index contributed by atoms with van der Waals surface area (Å²) in [5.74, 6) is -0.140. The first-order valence-corrected chi connectivity index (χ1v) is 9.60. The first-order chi connectivity index (χ1) is 13.4. The molecule has 0 aliphatic carbocycles. The maximum Gasteiger partial charge on any atom is 0.294 e. The van der Waals surface area contributed by atoms with E-state index in [4.69, 9.17) is 23.2 Å². The van der Waals surface area contributed by atoms with E-state index in [2.05, 4.69) is 5.32 Å². The van der Waals surface area contributed by atoms with Gasteiger partial charge in [-0.3, -0.25) is 19.8 Å². The molecular weight excluding hydrogens is 403 g/mol. The number of halogens is 2. The van der Waals surface area contributed by atoms with Crippen LogP contribution in [0.3, 0.4) is 0 Å². The number of amides is 1. The molecule has 7 nitrogen and oxygen atoms in total. The molecule has 0 aromatic heterocycles. The second-order valence-electron chi connectivity index (χ2n) is 6.56. The summed E-state index contributed by atoms with van der Waals surface area (Å²) < 4.78 is 0. The van der Waals surface area contributed by atoms with E-state index in [0.717, 1.165) is 0 Å². The van der Waals surface area contributed by atoms with Gasteiger partial charge in [0, 0.05) is 37.3 Å². The number of benzene rings is 2. The van der Waals surface area contributed by atoms with Crippen LogP contribution in [0.4, 0.5) is 17.1 Å². The molecule has 1 unspecified atom stereocenters. The van der Waals surface area contributed by atoms with Gasteiger partial charge in [0.2, 0.25) is 5.91 Å². The number of nitrogens with zero attached hydrogens (tertiary/aromatic N) is 3. The molecule has 3 rings (SSSR count). The minimum atomic E-state index is -0.423. The summed E-state index contributed by atoms with van der Waals surface area (Å²) in [7, 11) is 0. The molecule has 9 heteroatoms. The van der Waals surface area contributed by atoms with Gasteiger partial charge < -0.3 is 10.2 Å². The number of nitrogens with one attached hydrogen (secondary N) is 1. The third kappa shape index (κ3) is 4.55. The van der Waals surface area contributed by atoms with Crippen LogP contribution in [0.2, 0.25) is 10.0 Å². The molecule has 1 N–H and O–H groups in total. The van der Waals surface area contributed by atoms with Gasteiger partial charge in [0.15, 0.2) is 0 Å². The molecule has 2 aromatic carbocycles. The molecule has 0 spiro atoms. The van der Waals surface area contributed by atoms with Gasteiger partial charge in [0.1, 0.15) is 5.69 Å². The van der Waals surface area contributed by atoms with Crippen molar-refractivity contribution in [3.63, 3.8) is 0 Å². The molecule has 2 aromatic rings. The van der Waals surface area contributed by atoms with Gasteiger partial charge in [-0.1, -0.05) is 35.3 Å². The van der Waals surface area contributed by atoms with Crippen molar-refractivity contribution in [2.45, 2.75) is 13.0 Å². The Morgan fingerprint density at radius 2 is 1.82 bits per heavy atom. The number of carbonyl (C=O) groups is 1. The van der Waals surface area contributed by atoms with Gasteiger partial charge in [-0.05, 0) is 31.2 Å². The molecule has 1 fully saturated rings. The number of hydrogen-bond acceptors (Lipinski definition) is 5. The largest absolute Gasteiger partial charge is 0.363 e. The fourth-order valence-corrected chi connectivity index (χ4v) is 3.58. The molecule has 1 aliphatic rings. The van der Waals surface area contributed by atoms with Crippen LogP contribution in [0.1, 0.15) is 6.92 Å². The lowest BCUT2D eigenvalue weighted by atomic mass is 10.1. The average Bonchev–Trinajstić information content (AvgIpc) is 2.69. The molecular formula is C19H20Cl2N4O3. The second-order valence-corrected chi connectivity index (χ2v) is 7.40. The predicted octanol–water partition coefficient (Wildman–Crippen LogP) is 4.05. The first kappa shape index (κ1) is 20.4. The minimum Gasteiger partial charge on any atom is -0.363 e. The van der Waals surface area contributed by atoms with Gasteiger partial charge in [-0.15, -0.1) is 0 Å². The van der Waals surface area contributed by atoms with Crippen LogP contribution in [-0.4, -0.2) is 48.0 Å². The van der Waals surface area contributed by atoms with Crippen molar-refractivity contribution in [2.24, 2.45) is 0 Å². The van der Waals surface area contributed by atoms with Gasteiger partial charge in [-0.25, -0.2) is 0 Å². The van der Waals surface area contributed by atoms with E-state index in [0.29, 0.717) is 47.6 Å². The molecule has 1 saturated heterocycles. The zero-order valence-electron chi connectivity index (χ0n) is 15.3. The quantitative estimate of drug-likeness (QED) is 0.580. The number of nitro groups is 1. The van der Waals surface area contributed by atoms with Crippen molar-refractivity contribution in [2.75, 3.05) is 36.4 Å². The lowest BCUT2D eigenvalue weighted by molar-refractivity contribution is -0.384. The number of hydrogen-bond donors (Lipinski definition) is 1. The fourth-order valence-electron chi connectivity index (χ4n) is 3.23. The Balaban J connectivity index is 1.63. The monoisotopic (exact) mass is 422 g/mol. The standard InChI is InChI=1S/C19H20Cl2N4O3/c1-13(19(26)22-16-5-3-2-4-15(16)21)23-8-10-24(11-9-23)17-7-6-14(20)12-18(17)25(27)28/h2-7,12-13H,8-11H2,1H3,(H,22,26). The van der Waals surface area contributed by atoms with Crippen molar-refractivity contribution in [3.8, 4) is 0 Å². The van der Waals surface area contributed by atoms with Crippen molar-refractivity contribution < 1.29 is 9.72 Å². The van der Waals surface area contributed by atoms with E-state index in [1.54, 1.807) is 30.3 Å². The summed E-state index contributed by atoms with van der Waals surface area (Å²) in [4.78, 5) is 27.5. The smallest absolute Gasteiger partial charge is 0.294 e. The molecule has 1 amide bonds. The Hall–Kier alpha value is -2.35. The number of rotatable bonds is 5. The van der Waals surface area contributed by atoms with Gasteiger partial charge in [0.25, 0.3) is 5.69 Å². The van der Waals surface area contributed by atoms with Crippen molar-refractivity contribution >= 4 is 46.2 Å². The number of nitro benzene ring substituents is 1. The van der Waals surface area contributed by atoms with Crippen LogP contribution in [-0.2, 0) is 4.79 Å². The van der Waals surface area contributed by atoms with Crippen LogP contribution >= 0.6 is 23.2 Å². The predicted molar refractivity (Wildman–Crippen MR) is 111 cm³/mol. The van der Waals surface area contributed by atoms with E-state index in [1.165, 1.54) is 6.07 Å². The van der Waals surface area contributed by atoms with Gasteiger partial charge in [0.05, 0.1) is 21.7 Å². The maximum atomic E-state index is 12.6. The SMILES string of the molecule is CC(C(=O)Nc1ccccc1Cl)N1CCN(c2ccc(Cl)cc2[N+](=O)[O-])CC1. The number of anilines is 2. The second kappa shape index (κ2) is 8.77. The van der Waals surface area contributed by atoms with Crippen LogP contribution in [0.5, 0.6) is 0 Å². The van der Waals surface area contributed by atoms with E-state index < -0.39 is 4.92 Å². The minimum absolute atomic E-state index is 0.00883. The average molecular weight is 423 g/mol. The third-order valence-electron chi connectivity index (χ3n) is 4.85. The van der Waals surface area contributed by atoms with E-state index in [1.807, 2.05) is 22.8 Å². The summed E-state index contributed by atoms with van der Waals surface area (Å²) in [6, 6.07) is 11.4. The van der Waals surface area contributed by atoms with E-state index >= 15 is 0 Å². The summed E-state index contributed by atoms with van der Waals surface area (Å²) in [6.45, 7) is 4.21. The summed E-state index contributed by atoms with van der Waals surface area (Å²) >= 11 is 12.0. The van der Waals surface area contributed by atoms with Crippen LogP contribution in [0.15, 0.2) is 42.5 Å². The molecule has 1 aliphatic heterocycles. The lowest BCUT2D eigenvalue weighted by Crippen LogP contribution is -2.53. The molecule has 28 heavy (non-hydrogen) atoms. The van der Waals surface area contributed by atoms with E-state index in [9.17, 15) is 14.9 Å². The Labute approximate surface area is 173 Å². The third-order valence-corrected chi connectivity index (χ3v) is 5.41. The summed E-state index contributed by atoms with van der Waals surface area (Å²) in [5.41, 5.74) is 1.11.